The Morgan fingerprint density at radius 1 is 1.18 bits per heavy atom. The van der Waals surface area contributed by atoms with Gasteiger partial charge in [0.1, 0.15) is 11.5 Å². The fraction of sp³-hybridized carbons (Fsp3) is 0.333. The number of rotatable bonds is 6. The summed E-state index contributed by atoms with van der Waals surface area (Å²) < 4.78 is 17.9. The van der Waals surface area contributed by atoms with E-state index in [0.717, 1.165) is 5.56 Å². The standard InChI is InChI=1S/C15H18N2O4S/c1-19-7-6-17-12(9-14(18)16-15(17)22)11-8-10(20-2)4-5-13(11)21-3/h4-5,8-9H,6-7H2,1-3H3,(H,16,18,22). The Morgan fingerprint density at radius 3 is 2.59 bits per heavy atom. The summed E-state index contributed by atoms with van der Waals surface area (Å²) in [4.78, 5) is 14.4. The molecule has 0 radical (unpaired) electrons. The van der Waals surface area contributed by atoms with Crippen LogP contribution in [0.3, 0.4) is 0 Å². The summed E-state index contributed by atoms with van der Waals surface area (Å²) in [5.41, 5.74) is 1.12. The van der Waals surface area contributed by atoms with Crippen LogP contribution in [0, 0.1) is 4.77 Å². The maximum atomic E-state index is 11.8. The average Bonchev–Trinajstić information content (AvgIpc) is 2.52. The van der Waals surface area contributed by atoms with E-state index in [1.807, 2.05) is 6.07 Å². The number of ether oxygens (including phenoxy) is 3. The summed E-state index contributed by atoms with van der Waals surface area (Å²) in [6.45, 7) is 0.988. The van der Waals surface area contributed by atoms with Gasteiger partial charge in [-0.1, -0.05) is 0 Å². The molecule has 0 saturated carbocycles. The van der Waals surface area contributed by atoms with Crippen molar-refractivity contribution in [3.8, 4) is 22.8 Å². The van der Waals surface area contributed by atoms with Crippen LogP contribution in [0.5, 0.6) is 11.5 Å². The zero-order chi connectivity index (χ0) is 16.1. The lowest BCUT2D eigenvalue weighted by Crippen LogP contribution is -2.17. The third-order valence-corrected chi connectivity index (χ3v) is 3.56. The molecule has 0 spiro atoms. The van der Waals surface area contributed by atoms with Gasteiger partial charge in [0, 0.05) is 25.3 Å². The second kappa shape index (κ2) is 7.24. The van der Waals surface area contributed by atoms with Crippen LogP contribution in [0.1, 0.15) is 0 Å². The molecular weight excluding hydrogens is 304 g/mol. The summed E-state index contributed by atoms with van der Waals surface area (Å²) in [6.07, 6.45) is 0. The minimum Gasteiger partial charge on any atom is -0.497 e. The molecule has 118 valence electrons. The van der Waals surface area contributed by atoms with Crippen LogP contribution in [0.15, 0.2) is 29.1 Å². The van der Waals surface area contributed by atoms with Crippen molar-refractivity contribution in [2.75, 3.05) is 27.9 Å². The molecule has 2 aromatic rings. The summed E-state index contributed by atoms with van der Waals surface area (Å²) in [6, 6.07) is 6.89. The molecular formula is C15H18N2O4S. The fourth-order valence-electron chi connectivity index (χ4n) is 2.16. The predicted molar refractivity (Wildman–Crippen MR) is 86.3 cm³/mol. The normalized spacial score (nSPS) is 10.5. The molecule has 0 aliphatic carbocycles. The minimum absolute atomic E-state index is 0.265. The van der Waals surface area contributed by atoms with Crippen molar-refractivity contribution in [2.45, 2.75) is 6.54 Å². The average molecular weight is 322 g/mol. The molecule has 1 aromatic carbocycles. The number of methoxy groups -OCH3 is 3. The van der Waals surface area contributed by atoms with Crippen molar-refractivity contribution in [3.05, 3.63) is 39.4 Å². The van der Waals surface area contributed by atoms with Gasteiger partial charge in [0.05, 0.1) is 26.5 Å². The quantitative estimate of drug-likeness (QED) is 0.826. The third kappa shape index (κ3) is 3.37. The molecule has 0 aliphatic heterocycles. The molecule has 22 heavy (non-hydrogen) atoms. The molecule has 0 saturated heterocycles. The molecule has 1 N–H and O–H groups in total. The van der Waals surface area contributed by atoms with Crippen molar-refractivity contribution in [3.63, 3.8) is 0 Å². The van der Waals surface area contributed by atoms with Gasteiger partial charge in [0.15, 0.2) is 4.77 Å². The van der Waals surface area contributed by atoms with Gasteiger partial charge < -0.3 is 18.8 Å². The fourth-order valence-corrected chi connectivity index (χ4v) is 2.45. The van der Waals surface area contributed by atoms with Gasteiger partial charge in [-0.3, -0.25) is 9.78 Å². The Hall–Kier alpha value is -2.12. The van der Waals surface area contributed by atoms with E-state index >= 15 is 0 Å². The number of nitrogens with zero attached hydrogens (tertiary/aromatic N) is 1. The molecule has 0 bridgehead atoms. The van der Waals surface area contributed by atoms with Gasteiger partial charge in [-0.15, -0.1) is 0 Å². The van der Waals surface area contributed by atoms with Gasteiger partial charge >= 0.3 is 0 Å². The zero-order valence-electron chi connectivity index (χ0n) is 12.7. The highest BCUT2D eigenvalue weighted by molar-refractivity contribution is 7.71. The van der Waals surface area contributed by atoms with Gasteiger partial charge in [0.2, 0.25) is 0 Å². The van der Waals surface area contributed by atoms with Gasteiger partial charge in [-0.2, -0.15) is 0 Å². The number of aromatic amines is 1. The van der Waals surface area contributed by atoms with Crippen LogP contribution in [0.4, 0.5) is 0 Å². The summed E-state index contributed by atoms with van der Waals surface area (Å²) in [5, 5.41) is 0. The maximum absolute atomic E-state index is 11.8. The Bertz CT molecular complexity index is 767. The lowest BCUT2D eigenvalue weighted by Gasteiger charge is -2.16. The first kappa shape index (κ1) is 16.3. The molecule has 0 atom stereocenters. The van der Waals surface area contributed by atoms with Crippen LogP contribution >= 0.6 is 12.2 Å². The van der Waals surface area contributed by atoms with Gasteiger partial charge in [0.25, 0.3) is 5.56 Å². The molecule has 0 unspecified atom stereocenters. The van der Waals surface area contributed by atoms with E-state index in [2.05, 4.69) is 4.98 Å². The van der Waals surface area contributed by atoms with Gasteiger partial charge in [-0.25, -0.2) is 0 Å². The number of aromatic nitrogens is 2. The smallest absolute Gasteiger partial charge is 0.252 e. The highest BCUT2D eigenvalue weighted by Gasteiger charge is 2.13. The number of hydrogen-bond acceptors (Lipinski definition) is 5. The molecule has 1 heterocycles. The Labute approximate surface area is 133 Å². The van der Waals surface area contributed by atoms with E-state index in [1.54, 1.807) is 38.0 Å². The van der Waals surface area contributed by atoms with E-state index in [4.69, 9.17) is 26.4 Å². The highest BCUT2D eigenvalue weighted by Crippen LogP contribution is 2.32. The van der Waals surface area contributed by atoms with Crippen molar-refractivity contribution >= 4 is 12.2 Å². The molecule has 0 fully saturated rings. The SMILES string of the molecule is COCCn1c(-c2cc(OC)ccc2OC)cc(=O)[nH]c1=S. The van der Waals surface area contributed by atoms with Gasteiger partial charge in [-0.05, 0) is 30.4 Å². The molecule has 1 aromatic heterocycles. The maximum Gasteiger partial charge on any atom is 0.252 e. The van der Waals surface area contributed by atoms with Crippen LogP contribution in [0.25, 0.3) is 11.3 Å². The number of H-pyrrole nitrogens is 1. The topological polar surface area (TPSA) is 65.5 Å². The molecule has 2 rings (SSSR count). The largest absolute Gasteiger partial charge is 0.497 e. The number of hydrogen-bond donors (Lipinski definition) is 1. The highest BCUT2D eigenvalue weighted by atomic mass is 32.1. The first-order valence-electron chi connectivity index (χ1n) is 6.66. The summed E-state index contributed by atoms with van der Waals surface area (Å²) in [7, 11) is 4.77. The van der Waals surface area contributed by atoms with Crippen LogP contribution in [-0.2, 0) is 11.3 Å². The van der Waals surface area contributed by atoms with E-state index < -0.39 is 0 Å². The number of nitrogens with one attached hydrogen (secondary N) is 1. The van der Waals surface area contributed by atoms with Crippen molar-refractivity contribution in [1.29, 1.82) is 0 Å². The van der Waals surface area contributed by atoms with Crippen LogP contribution < -0.4 is 15.0 Å². The zero-order valence-corrected chi connectivity index (χ0v) is 13.5. The molecule has 7 heteroatoms. The van der Waals surface area contributed by atoms with Crippen molar-refractivity contribution in [2.24, 2.45) is 0 Å². The molecule has 0 amide bonds. The lowest BCUT2D eigenvalue weighted by atomic mass is 10.1. The summed E-state index contributed by atoms with van der Waals surface area (Å²) >= 11 is 5.26. The Balaban J connectivity index is 2.70. The second-order valence-corrected chi connectivity index (χ2v) is 4.92. The first-order chi connectivity index (χ1) is 10.6. The van der Waals surface area contributed by atoms with E-state index in [9.17, 15) is 4.79 Å². The van der Waals surface area contributed by atoms with E-state index in [0.29, 0.717) is 35.1 Å². The minimum atomic E-state index is -0.265. The van der Waals surface area contributed by atoms with Crippen molar-refractivity contribution in [1.82, 2.24) is 9.55 Å². The first-order valence-corrected chi connectivity index (χ1v) is 7.07. The third-order valence-electron chi connectivity index (χ3n) is 3.24. The lowest BCUT2D eigenvalue weighted by molar-refractivity contribution is 0.186. The van der Waals surface area contributed by atoms with Crippen LogP contribution in [0.2, 0.25) is 0 Å². The van der Waals surface area contributed by atoms with Crippen LogP contribution in [-0.4, -0.2) is 37.5 Å². The van der Waals surface area contributed by atoms with Crippen molar-refractivity contribution < 1.29 is 14.2 Å². The molecule has 0 aliphatic rings. The number of benzene rings is 1. The van der Waals surface area contributed by atoms with E-state index in [-0.39, 0.29) is 5.56 Å². The Morgan fingerprint density at radius 2 is 1.95 bits per heavy atom. The summed E-state index contributed by atoms with van der Waals surface area (Å²) in [5.74, 6) is 1.30. The predicted octanol–water partition coefficient (Wildman–Crippen LogP) is 2.24. The Kier molecular flexibility index (Phi) is 5.35. The molecule has 6 nitrogen and oxygen atoms in total. The van der Waals surface area contributed by atoms with E-state index in [1.165, 1.54) is 6.07 Å². The second-order valence-electron chi connectivity index (χ2n) is 4.53. The monoisotopic (exact) mass is 322 g/mol.